The van der Waals surface area contributed by atoms with Crippen molar-refractivity contribution in [2.45, 2.75) is 0 Å². The Balaban J connectivity index is 2.28. The lowest BCUT2D eigenvalue weighted by Crippen LogP contribution is -2.17. The summed E-state index contributed by atoms with van der Waals surface area (Å²) in [7, 11) is 0. The number of aromatic amines is 1. The monoisotopic (exact) mass is 232 g/mol. The molecule has 0 aliphatic carbocycles. The number of benzene rings is 1. The summed E-state index contributed by atoms with van der Waals surface area (Å²) in [6, 6.07) is 5.92. The van der Waals surface area contributed by atoms with E-state index < -0.39 is 11.9 Å². The first-order valence-electron chi connectivity index (χ1n) is 4.67. The maximum atomic E-state index is 11.8. The third-order valence-electron chi connectivity index (χ3n) is 2.05. The van der Waals surface area contributed by atoms with Gasteiger partial charge in [0, 0.05) is 0 Å². The van der Waals surface area contributed by atoms with Gasteiger partial charge in [-0.1, -0.05) is 12.1 Å². The third kappa shape index (κ3) is 2.28. The Labute approximate surface area is 95.5 Å². The molecule has 1 amide bonds. The Morgan fingerprint density at radius 2 is 1.94 bits per heavy atom. The predicted molar refractivity (Wildman–Crippen MR) is 57.7 cm³/mol. The third-order valence-corrected chi connectivity index (χ3v) is 2.05. The Bertz CT molecular complexity index is 550. The molecule has 1 heterocycles. The molecule has 7 nitrogen and oxygen atoms in total. The Morgan fingerprint density at radius 3 is 2.53 bits per heavy atom. The zero-order valence-electron chi connectivity index (χ0n) is 8.54. The average molecular weight is 232 g/mol. The van der Waals surface area contributed by atoms with Crippen LogP contribution >= 0.6 is 0 Å². The van der Waals surface area contributed by atoms with Gasteiger partial charge in [-0.25, -0.2) is 9.89 Å². The van der Waals surface area contributed by atoms with Crippen molar-refractivity contribution < 1.29 is 14.7 Å². The molecule has 3 N–H and O–H groups in total. The van der Waals surface area contributed by atoms with Crippen LogP contribution in [0.2, 0.25) is 0 Å². The summed E-state index contributed by atoms with van der Waals surface area (Å²) in [5, 5.41) is 17.3. The SMILES string of the molecule is O=C(O)c1ccccc1C(=O)Nc1ncn[nH]1. The van der Waals surface area contributed by atoms with Crippen molar-refractivity contribution in [1.29, 1.82) is 0 Å². The number of anilines is 1. The molecule has 7 heteroatoms. The number of amides is 1. The van der Waals surface area contributed by atoms with Gasteiger partial charge in [0.15, 0.2) is 0 Å². The zero-order valence-corrected chi connectivity index (χ0v) is 8.54. The van der Waals surface area contributed by atoms with Gasteiger partial charge < -0.3 is 5.11 Å². The second kappa shape index (κ2) is 4.44. The molecule has 1 aromatic carbocycles. The first-order valence-corrected chi connectivity index (χ1v) is 4.67. The van der Waals surface area contributed by atoms with Gasteiger partial charge >= 0.3 is 5.97 Å². The predicted octanol–water partition coefficient (Wildman–Crippen LogP) is 0.755. The van der Waals surface area contributed by atoms with Gasteiger partial charge in [-0.15, -0.1) is 0 Å². The molecule has 0 radical (unpaired) electrons. The van der Waals surface area contributed by atoms with Gasteiger partial charge in [0.2, 0.25) is 5.95 Å². The number of H-pyrrole nitrogens is 1. The highest BCUT2D eigenvalue weighted by molar-refractivity contribution is 6.10. The molecular weight excluding hydrogens is 224 g/mol. The maximum Gasteiger partial charge on any atom is 0.336 e. The van der Waals surface area contributed by atoms with Crippen molar-refractivity contribution in [3.8, 4) is 0 Å². The number of hydrogen-bond donors (Lipinski definition) is 3. The smallest absolute Gasteiger partial charge is 0.336 e. The summed E-state index contributed by atoms with van der Waals surface area (Å²) in [5.41, 5.74) is 0.000848. The number of nitrogens with zero attached hydrogens (tertiary/aromatic N) is 2. The zero-order chi connectivity index (χ0) is 12.3. The van der Waals surface area contributed by atoms with Crippen molar-refractivity contribution in [3.63, 3.8) is 0 Å². The van der Waals surface area contributed by atoms with E-state index in [9.17, 15) is 9.59 Å². The van der Waals surface area contributed by atoms with E-state index in [1.54, 1.807) is 12.1 Å². The van der Waals surface area contributed by atoms with E-state index in [0.717, 1.165) is 0 Å². The van der Waals surface area contributed by atoms with Crippen molar-refractivity contribution in [2.24, 2.45) is 0 Å². The van der Waals surface area contributed by atoms with Crippen LogP contribution in [-0.2, 0) is 0 Å². The first kappa shape index (κ1) is 10.8. The number of hydrogen-bond acceptors (Lipinski definition) is 4. The molecule has 0 saturated heterocycles. The lowest BCUT2D eigenvalue weighted by Gasteiger charge is -2.04. The second-order valence-electron chi connectivity index (χ2n) is 3.14. The van der Waals surface area contributed by atoms with Crippen LogP contribution in [0.1, 0.15) is 20.7 Å². The molecular formula is C10H8N4O3. The van der Waals surface area contributed by atoms with Gasteiger partial charge in [0.1, 0.15) is 6.33 Å². The molecule has 17 heavy (non-hydrogen) atoms. The van der Waals surface area contributed by atoms with Crippen molar-refractivity contribution in [2.75, 3.05) is 5.32 Å². The Hall–Kier alpha value is -2.70. The van der Waals surface area contributed by atoms with Crippen LogP contribution in [0.15, 0.2) is 30.6 Å². The number of nitrogens with one attached hydrogen (secondary N) is 2. The molecule has 0 spiro atoms. The Kier molecular flexibility index (Phi) is 2.82. The van der Waals surface area contributed by atoms with Crippen molar-refractivity contribution in [1.82, 2.24) is 15.2 Å². The van der Waals surface area contributed by atoms with Crippen LogP contribution in [0.5, 0.6) is 0 Å². The molecule has 0 fully saturated rings. The number of aromatic nitrogens is 3. The summed E-state index contributed by atoms with van der Waals surface area (Å²) >= 11 is 0. The molecule has 0 bridgehead atoms. The van der Waals surface area contributed by atoms with Gasteiger partial charge in [-0.2, -0.15) is 10.1 Å². The number of carboxylic acid groups (broad SMARTS) is 1. The quantitative estimate of drug-likeness (QED) is 0.723. The van der Waals surface area contributed by atoms with Crippen LogP contribution in [0.3, 0.4) is 0 Å². The minimum absolute atomic E-state index is 0.0653. The highest BCUT2D eigenvalue weighted by Gasteiger charge is 2.16. The molecule has 0 saturated carbocycles. The molecule has 1 aromatic heterocycles. The summed E-state index contributed by atoms with van der Waals surface area (Å²) < 4.78 is 0. The fraction of sp³-hybridized carbons (Fsp3) is 0. The van der Waals surface area contributed by atoms with Crippen LogP contribution in [-0.4, -0.2) is 32.2 Å². The Morgan fingerprint density at radius 1 is 1.24 bits per heavy atom. The maximum absolute atomic E-state index is 11.8. The molecule has 0 atom stereocenters. The van der Waals surface area contributed by atoms with E-state index >= 15 is 0 Å². The molecule has 2 aromatic rings. The standard InChI is InChI=1S/C10H8N4O3/c15-8(13-10-11-5-12-14-10)6-3-1-2-4-7(6)9(16)17/h1-5H,(H,16,17)(H2,11,12,13,14,15). The number of carbonyl (C=O) groups is 2. The number of carbonyl (C=O) groups excluding carboxylic acids is 1. The molecule has 0 unspecified atom stereocenters. The van der Waals surface area contributed by atoms with Crippen LogP contribution in [0, 0.1) is 0 Å². The molecule has 86 valence electrons. The summed E-state index contributed by atoms with van der Waals surface area (Å²) in [6.07, 6.45) is 1.23. The lowest BCUT2D eigenvalue weighted by molar-refractivity contribution is 0.0692. The van der Waals surface area contributed by atoms with Gasteiger partial charge in [-0.3, -0.25) is 10.1 Å². The van der Waals surface area contributed by atoms with E-state index in [1.807, 2.05) is 0 Å². The van der Waals surface area contributed by atoms with E-state index in [2.05, 4.69) is 20.5 Å². The van der Waals surface area contributed by atoms with Gasteiger partial charge in [-0.05, 0) is 12.1 Å². The van der Waals surface area contributed by atoms with Gasteiger partial charge in [0.05, 0.1) is 11.1 Å². The minimum Gasteiger partial charge on any atom is -0.478 e. The summed E-state index contributed by atoms with van der Waals surface area (Å²) in [4.78, 5) is 26.4. The minimum atomic E-state index is -1.16. The van der Waals surface area contributed by atoms with Crippen LogP contribution in [0.4, 0.5) is 5.95 Å². The van der Waals surface area contributed by atoms with E-state index in [1.165, 1.54) is 18.5 Å². The highest BCUT2D eigenvalue weighted by Crippen LogP contribution is 2.10. The van der Waals surface area contributed by atoms with Crippen molar-refractivity contribution in [3.05, 3.63) is 41.7 Å². The topological polar surface area (TPSA) is 108 Å². The van der Waals surface area contributed by atoms with Crippen LogP contribution in [0.25, 0.3) is 0 Å². The fourth-order valence-corrected chi connectivity index (χ4v) is 1.31. The summed E-state index contributed by atoms with van der Waals surface area (Å²) in [5.74, 6) is -1.55. The lowest BCUT2D eigenvalue weighted by atomic mass is 10.1. The number of aromatic carboxylic acids is 1. The van der Waals surface area contributed by atoms with Gasteiger partial charge in [0.25, 0.3) is 5.91 Å². The first-order chi connectivity index (χ1) is 8.18. The van der Waals surface area contributed by atoms with Crippen LogP contribution < -0.4 is 5.32 Å². The van der Waals surface area contributed by atoms with Crippen molar-refractivity contribution >= 4 is 17.8 Å². The van der Waals surface area contributed by atoms with E-state index in [4.69, 9.17) is 5.11 Å². The molecule has 0 aliphatic rings. The number of carboxylic acids is 1. The van der Waals surface area contributed by atoms with E-state index in [0.29, 0.717) is 0 Å². The normalized spacial score (nSPS) is 9.88. The van der Waals surface area contributed by atoms with E-state index in [-0.39, 0.29) is 17.1 Å². The largest absolute Gasteiger partial charge is 0.478 e. The average Bonchev–Trinajstić information content (AvgIpc) is 2.81. The molecule has 2 rings (SSSR count). The second-order valence-corrected chi connectivity index (χ2v) is 3.14. The highest BCUT2D eigenvalue weighted by atomic mass is 16.4. The fourth-order valence-electron chi connectivity index (χ4n) is 1.31. The molecule has 0 aliphatic heterocycles. The summed E-state index contributed by atoms with van der Waals surface area (Å²) in [6.45, 7) is 0. The number of rotatable bonds is 3.